The van der Waals surface area contributed by atoms with Crippen molar-refractivity contribution >= 4 is 39.1 Å². The zero-order chi connectivity index (χ0) is 19.0. The van der Waals surface area contributed by atoms with Gasteiger partial charge in [-0.2, -0.15) is 0 Å². The molecule has 0 bridgehead atoms. The van der Waals surface area contributed by atoms with E-state index in [9.17, 15) is 9.59 Å². The van der Waals surface area contributed by atoms with Crippen molar-refractivity contribution in [1.82, 2.24) is 0 Å². The van der Waals surface area contributed by atoms with E-state index in [1.807, 2.05) is 58.0 Å². The van der Waals surface area contributed by atoms with Gasteiger partial charge in [0.1, 0.15) is 0 Å². The van der Waals surface area contributed by atoms with Gasteiger partial charge in [0.2, 0.25) is 11.8 Å². The molecule has 0 spiro atoms. The maximum Gasteiger partial charge on any atom is 0.229 e. The summed E-state index contributed by atoms with van der Waals surface area (Å²) in [4.78, 5) is 26.8. The molecule has 1 fully saturated rings. The van der Waals surface area contributed by atoms with Crippen LogP contribution in [0.5, 0.6) is 0 Å². The minimum Gasteiger partial charge on any atom is -0.326 e. The zero-order valence-corrected chi connectivity index (χ0v) is 17.1. The van der Waals surface area contributed by atoms with Crippen molar-refractivity contribution < 1.29 is 9.59 Å². The van der Waals surface area contributed by atoms with Crippen LogP contribution in [-0.2, 0) is 9.59 Å². The first-order chi connectivity index (χ1) is 12.3. The standard InChI is InChI=1S/C21H23BrN2O2/c1-12-5-6-18(9-13(12)2)24-11-16(10-19(24)25)21(26)23-17-7-14(3)20(22)15(4)8-17/h5-9,16H,10-11H2,1-4H3,(H,23,26)/t16-/m1/s1. The molecule has 1 aliphatic heterocycles. The van der Waals surface area contributed by atoms with Crippen LogP contribution in [0.15, 0.2) is 34.8 Å². The molecule has 0 aromatic heterocycles. The molecule has 5 heteroatoms. The summed E-state index contributed by atoms with van der Waals surface area (Å²) < 4.78 is 1.05. The summed E-state index contributed by atoms with van der Waals surface area (Å²) in [7, 11) is 0. The van der Waals surface area contributed by atoms with Gasteiger partial charge in [-0.15, -0.1) is 0 Å². The van der Waals surface area contributed by atoms with Gasteiger partial charge in [-0.05, 0) is 74.2 Å². The first kappa shape index (κ1) is 18.6. The highest BCUT2D eigenvalue weighted by Crippen LogP contribution is 2.29. The van der Waals surface area contributed by atoms with Crippen molar-refractivity contribution in [3.8, 4) is 0 Å². The molecular weight excluding hydrogens is 392 g/mol. The van der Waals surface area contributed by atoms with Crippen LogP contribution in [-0.4, -0.2) is 18.4 Å². The highest BCUT2D eigenvalue weighted by Gasteiger charge is 2.35. The molecule has 3 rings (SSSR count). The maximum atomic E-state index is 12.7. The van der Waals surface area contributed by atoms with E-state index < -0.39 is 0 Å². The maximum absolute atomic E-state index is 12.7. The van der Waals surface area contributed by atoms with Crippen LogP contribution in [0.3, 0.4) is 0 Å². The minimum absolute atomic E-state index is 0.00318. The Morgan fingerprint density at radius 1 is 1.04 bits per heavy atom. The van der Waals surface area contributed by atoms with E-state index in [1.165, 1.54) is 5.56 Å². The van der Waals surface area contributed by atoms with Gasteiger partial charge in [-0.25, -0.2) is 0 Å². The van der Waals surface area contributed by atoms with Gasteiger partial charge in [0.15, 0.2) is 0 Å². The van der Waals surface area contributed by atoms with E-state index in [0.717, 1.165) is 32.5 Å². The molecule has 136 valence electrons. The van der Waals surface area contributed by atoms with Crippen LogP contribution in [0.2, 0.25) is 0 Å². The number of rotatable bonds is 3. The predicted molar refractivity (Wildman–Crippen MR) is 109 cm³/mol. The Morgan fingerprint density at radius 3 is 2.31 bits per heavy atom. The van der Waals surface area contributed by atoms with Crippen molar-refractivity contribution in [1.29, 1.82) is 0 Å². The van der Waals surface area contributed by atoms with Gasteiger partial charge in [0.25, 0.3) is 0 Å². The SMILES string of the molecule is Cc1ccc(N2C[C@H](C(=O)Nc3cc(C)c(Br)c(C)c3)CC2=O)cc1C. The molecule has 2 aromatic carbocycles. The highest BCUT2D eigenvalue weighted by atomic mass is 79.9. The zero-order valence-electron chi connectivity index (χ0n) is 15.5. The van der Waals surface area contributed by atoms with Gasteiger partial charge in [0, 0.05) is 28.8 Å². The second kappa shape index (κ2) is 7.23. The average molecular weight is 415 g/mol. The van der Waals surface area contributed by atoms with E-state index in [-0.39, 0.29) is 24.2 Å². The third-order valence-electron chi connectivity index (χ3n) is 5.00. The fraction of sp³-hybridized carbons (Fsp3) is 0.333. The van der Waals surface area contributed by atoms with Gasteiger partial charge in [-0.1, -0.05) is 22.0 Å². The molecule has 4 nitrogen and oxygen atoms in total. The molecule has 0 radical (unpaired) electrons. The molecule has 0 unspecified atom stereocenters. The molecule has 1 heterocycles. The Kier molecular flexibility index (Phi) is 5.19. The van der Waals surface area contributed by atoms with Crippen LogP contribution in [0, 0.1) is 33.6 Å². The number of benzene rings is 2. The number of carbonyl (C=O) groups excluding carboxylic acids is 2. The molecule has 0 saturated carbocycles. The van der Waals surface area contributed by atoms with Crippen LogP contribution in [0.25, 0.3) is 0 Å². The average Bonchev–Trinajstić information content (AvgIpc) is 2.97. The summed E-state index contributed by atoms with van der Waals surface area (Å²) in [5.74, 6) is -0.448. The van der Waals surface area contributed by atoms with Crippen molar-refractivity contribution in [2.24, 2.45) is 5.92 Å². The fourth-order valence-corrected chi connectivity index (χ4v) is 3.52. The number of nitrogens with zero attached hydrogens (tertiary/aromatic N) is 1. The van der Waals surface area contributed by atoms with Gasteiger partial charge < -0.3 is 10.2 Å². The van der Waals surface area contributed by atoms with E-state index in [0.29, 0.717) is 6.54 Å². The number of aryl methyl sites for hydroxylation is 4. The second-order valence-corrected chi connectivity index (χ2v) is 7.88. The molecule has 1 atom stereocenters. The normalized spacial score (nSPS) is 16.9. The van der Waals surface area contributed by atoms with E-state index in [2.05, 4.69) is 21.2 Å². The van der Waals surface area contributed by atoms with E-state index in [1.54, 1.807) is 4.90 Å². The topological polar surface area (TPSA) is 49.4 Å². The van der Waals surface area contributed by atoms with Gasteiger partial charge >= 0.3 is 0 Å². The number of hydrogen-bond acceptors (Lipinski definition) is 2. The van der Waals surface area contributed by atoms with Gasteiger partial charge in [0.05, 0.1) is 5.92 Å². The van der Waals surface area contributed by atoms with Crippen molar-refractivity contribution in [3.05, 3.63) is 57.1 Å². The fourth-order valence-electron chi connectivity index (χ4n) is 3.29. The summed E-state index contributed by atoms with van der Waals surface area (Å²) >= 11 is 3.53. The Bertz CT molecular complexity index is 869. The predicted octanol–water partition coefficient (Wildman–Crippen LogP) is 4.67. The third-order valence-corrected chi connectivity index (χ3v) is 6.25. The van der Waals surface area contributed by atoms with Crippen molar-refractivity contribution in [3.63, 3.8) is 0 Å². The summed E-state index contributed by atoms with van der Waals surface area (Å²) in [5, 5.41) is 2.97. The third kappa shape index (κ3) is 3.68. The lowest BCUT2D eigenvalue weighted by Crippen LogP contribution is -2.28. The highest BCUT2D eigenvalue weighted by molar-refractivity contribution is 9.10. The Hall–Kier alpha value is -2.14. The molecule has 1 N–H and O–H groups in total. The van der Waals surface area contributed by atoms with Crippen molar-refractivity contribution in [2.75, 3.05) is 16.8 Å². The van der Waals surface area contributed by atoms with Crippen LogP contribution in [0.4, 0.5) is 11.4 Å². The molecule has 1 saturated heterocycles. The lowest BCUT2D eigenvalue weighted by atomic mass is 10.1. The Labute approximate surface area is 162 Å². The number of anilines is 2. The van der Waals surface area contributed by atoms with Crippen LogP contribution in [0.1, 0.15) is 28.7 Å². The first-order valence-corrected chi connectivity index (χ1v) is 9.51. The Balaban J connectivity index is 1.73. The molecular formula is C21H23BrN2O2. The number of hydrogen-bond donors (Lipinski definition) is 1. The van der Waals surface area contributed by atoms with Crippen LogP contribution >= 0.6 is 15.9 Å². The number of carbonyl (C=O) groups is 2. The summed E-state index contributed by atoms with van der Waals surface area (Å²) in [5.41, 5.74) is 6.10. The van der Waals surface area contributed by atoms with Crippen LogP contribution < -0.4 is 10.2 Å². The molecule has 26 heavy (non-hydrogen) atoms. The minimum atomic E-state index is -0.339. The molecule has 0 aliphatic carbocycles. The smallest absolute Gasteiger partial charge is 0.229 e. The summed E-state index contributed by atoms with van der Waals surface area (Å²) in [6.45, 7) is 8.48. The quantitative estimate of drug-likeness (QED) is 0.792. The monoisotopic (exact) mass is 414 g/mol. The van der Waals surface area contributed by atoms with Gasteiger partial charge in [-0.3, -0.25) is 9.59 Å². The number of halogens is 1. The summed E-state index contributed by atoms with van der Waals surface area (Å²) in [6, 6.07) is 9.84. The number of amides is 2. The number of nitrogens with one attached hydrogen (secondary N) is 1. The second-order valence-electron chi connectivity index (χ2n) is 7.09. The van der Waals surface area contributed by atoms with E-state index in [4.69, 9.17) is 0 Å². The van der Waals surface area contributed by atoms with Crippen molar-refractivity contribution in [2.45, 2.75) is 34.1 Å². The lowest BCUT2D eigenvalue weighted by Gasteiger charge is -2.18. The summed E-state index contributed by atoms with van der Waals surface area (Å²) in [6.07, 6.45) is 0.243. The largest absolute Gasteiger partial charge is 0.326 e. The molecule has 2 amide bonds. The van der Waals surface area contributed by atoms with E-state index >= 15 is 0 Å². The molecule has 2 aromatic rings. The Morgan fingerprint density at radius 2 is 1.69 bits per heavy atom. The first-order valence-electron chi connectivity index (χ1n) is 8.71. The lowest BCUT2D eigenvalue weighted by molar-refractivity contribution is -0.122. The molecule has 1 aliphatic rings.